The number of nitrogens with one attached hydrogen (secondary N) is 2. The molecule has 1 aliphatic rings. The lowest BCUT2D eigenvalue weighted by Crippen LogP contribution is -2.55. The third-order valence-electron chi connectivity index (χ3n) is 3.36. The molecule has 5 heteroatoms. The highest BCUT2D eigenvalue weighted by Crippen LogP contribution is 2.15. The molecule has 0 aromatic heterocycles. The zero-order chi connectivity index (χ0) is 13.8. The molecule has 104 valence electrons. The van der Waals surface area contributed by atoms with Gasteiger partial charge in [-0.25, -0.2) is 0 Å². The van der Waals surface area contributed by atoms with Crippen LogP contribution in [-0.2, 0) is 16.1 Å². The van der Waals surface area contributed by atoms with Crippen molar-refractivity contribution in [2.45, 2.75) is 32.5 Å². The van der Waals surface area contributed by atoms with E-state index in [0.29, 0.717) is 13.2 Å². The van der Waals surface area contributed by atoms with E-state index < -0.39 is 0 Å². The first-order valence-corrected chi connectivity index (χ1v) is 7.25. The van der Waals surface area contributed by atoms with Crippen molar-refractivity contribution in [3.8, 4) is 0 Å². The molecule has 1 aromatic rings. The van der Waals surface area contributed by atoms with Crippen LogP contribution in [0.25, 0.3) is 0 Å². The Hall–Kier alpha value is -0.910. The molecule has 1 aromatic carbocycles. The van der Waals surface area contributed by atoms with Gasteiger partial charge in [0.05, 0.1) is 12.7 Å². The van der Waals surface area contributed by atoms with Crippen LogP contribution in [0.5, 0.6) is 0 Å². The summed E-state index contributed by atoms with van der Waals surface area (Å²) in [5.41, 5.74) is 2.29. The van der Waals surface area contributed by atoms with Crippen molar-refractivity contribution in [3.63, 3.8) is 0 Å². The monoisotopic (exact) mass is 326 g/mol. The molecule has 1 fully saturated rings. The van der Waals surface area contributed by atoms with E-state index in [1.807, 2.05) is 32.0 Å². The topological polar surface area (TPSA) is 50.4 Å². The molecule has 19 heavy (non-hydrogen) atoms. The number of ether oxygens (including phenoxy) is 1. The van der Waals surface area contributed by atoms with E-state index in [1.165, 1.54) is 0 Å². The van der Waals surface area contributed by atoms with Gasteiger partial charge in [-0.05, 0) is 37.1 Å². The van der Waals surface area contributed by atoms with Gasteiger partial charge in [-0.3, -0.25) is 4.79 Å². The number of amides is 1. The molecule has 0 unspecified atom stereocenters. The van der Waals surface area contributed by atoms with E-state index in [-0.39, 0.29) is 18.1 Å². The number of carbonyl (C=O) groups excluding carboxylic acids is 1. The second-order valence-electron chi connectivity index (χ2n) is 4.80. The van der Waals surface area contributed by atoms with E-state index in [9.17, 15) is 4.79 Å². The van der Waals surface area contributed by atoms with Crippen molar-refractivity contribution in [1.29, 1.82) is 0 Å². The van der Waals surface area contributed by atoms with E-state index in [1.54, 1.807) is 0 Å². The minimum Gasteiger partial charge on any atom is -0.375 e. The van der Waals surface area contributed by atoms with Gasteiger partial charge in [0.15, 0.2) is 0 Å². The summed E-state index contributed by atoms with van der Waals surface area (Å²) >= 11 is 3.43. The fraction of sp³-hybridized carbons (Fsp3) is 0.500. The van der Waals surface area contributed by atoms with Crippen LogP contribution in [0, 0.1) is 6.92 Å². The molecular formula is C14H19BrN2O2. The molecule has 2 N–H and O–H groups in total. The van der Waals surface area contributed by atoms with E-state index >= 15 is 0 Å². The van der Waals surface area contributed by atoms with Crippen LogP contribution in [-0.4, -0.2) is 31.2 Å². The Bertz CT molecular complexity index is 465. The van der Waals surface area contributed by atoms with Gasteiger partial charge in [0.2, 0.25) is 5.91 Å². The maximum atomic E-state index is 12.1. The number of hydrogen-bond donors (Lipinski definition) is 2. The van der Waals surface area contributed by atoms with Crippen molar-refractivity contribution in [1.82, 2.24) is 10.6 Å². The second kappa shape index (κ2) is 6.50. The lowest BCUT2D eigenvalue weighted by molar-refractivity contribution is -0.129. The number of hydrogen-bond acceptors (Lipinski definition) is 3. The smallest absolute Gasteiger partial charge is 0.240 e. The number of morpholine rings is 1. The van der Waals surface area contributed by atoms with Crippen LogP contribution in [0.4, 0.5) is 0 Å². The van der Waals surface area contributed by atoms with Gasteiger partial charge in [0.25, 0.3) is 0 Å². The van der Waals surface area contributed by atoms with E-state index in [0.717, 1.165) is 22.1 Å². The molecule has 1 heterocycles. The summed E-state index contributed by atoms with van der Waals surface area (Å²) in [6, 6.07) is 5.79. The zero-order valence-electron chi connectivity index (χ0n) is 11.2. The van der Waals surface area contributed by atoms with E-state index in [2.05, 4.69) is 26.6 Å². The van der Waals surface area contributed by atoms with Gasteiger partial charge in [0.1, 0.15) is 6.04 Å². The SMILES string of the molecule is Cc1cc(Br)ccc1CNC(=O)[C@H]1NCCO[C@@H]1C. The fourth-order valence-corrected chi connectivity index (χ4v) is 2.65. The second-order valence-corrected chi connectivity index (χ2v) is 5.71. The number of aryl methyl sites for hydroxylation is 1. The zero-order valence-corrected chi connectivity index (χ0v) is 12.8. The van der Waals surface area contributed by atoms with Crippen molar-refractivity contribution < 1.29 is 9.53 Å². The Labute approximate surface area is 122 Å². The van der Waals surface area contributed by atoms with Crippen LogP contribution in [0.2, 0.25) is 0 Å². The van der Waals surface area contributed by atoms with Gasteiger partial charge in [-0.1, -0.05) is 22.0 Å². The third kappa shape index (κ3) is 3.78. The van der Waals surface area contributed by atoms with Crippen LogP contribution in [0.3, 0.4) is 0 Å². The summed E-state index contributed by atoms with van der Waals surface area (Å²) < 4.78 is 6.53. The van der Waals surface area contributed by atoms with Crippen molar-refractivity contribution >= 4 is 21.8 Å². The minimum absolute atomic E-state index is 0.00508. The lowest BCUT2D eigenvalue weighted by atomic mass is 10.1. The van der Waals surface area contributed by atoms with Crippen LogP contribution >= 0.6 is 15.9 Å². The summed E-state index contributed by atoms with van der Waals surface area (Å²) in [7, 11) is 0. The van der Waals surface area contributed by atoms with Crippen LogP contribution < -0.4 is 10.6 Å². The number of halogens is 1. The molecule has 0 spiro atoms. The highest BCUT2D eigenvalue weighted by Gasteiger charge is 2.27. The first-order valence-electron chi connectivity index (χ1n) is 6.45. The van der Waals surface area contributed by atoms with Gasteiger partial charge in [-0.15, -0.1) is 0 Å². The lowest BCUT2D eigenvalue weighted by Gasteiger charge is -2.29. The standard InChI is InChI=1S/C14H19BrN2O2/c1-9-7-12(15)4-3-11(9)8-17-14(18)13-10(2)19-6-5-16-13/h3-4,7,10,13,16H,5-6,8H2,1-2H3,(H,17,18)/t10-,13+/m1/s1. The molecule has 2 rings (SSSR count). The van der Waals surface area contributed by atoms with Gasteiger partial charge >= 0.3 is 0 Å². The highest BCUT2D eigenvalue weighted by molar-refractivity contribution is 9.10. The Morgan fingerprint density at radius 2 is 2.37 bits per heavy atom. The molecule has 0 bridgehead atoms. The predicted octanol–water partition coefficient (Wildman–Crippen LogP) is 1.75. The largest absolute Gasteiger partial charge is 0.375 e. The molecule has 4 nitrogen and oxygen atoms in total. The highest BCUT2D eigenvalue weighted by atomic mass is 79.9. The Balaban J connectivity index is 1.92. The maximum Gasteiger partial charge on any atom is 0.240 e. The first kappa shape index (κ1) is 14.5. The van der Waals surface area contributed by atoms with E-state index in [4.69, 9.17) is 4.74 Å². The van der Waals surface area contributed by atoms with Crippen LogP contribution in [0.15, 0.2) is 22.7 Å². The molecule has 2 atom stereocenters. The average Bonchev–Trinajstić information content (AvgIpc) is 2.38. The molecular weight excluding hydrogens is 308 g/mol. The van der Waals surface area contributed by atoms with Crippen LogP contribution in [0.1, 0.15) is 18.1 Å². The summed E-state index contributed by atoms with van der Waals surface area (Å²) in [5.74, 6) is -0.00508. The summed E-state index contributed by atoms with van der Waals surface area (Å²) in [4.78, 5) is 12.1. The fourth-order valence-electron chi connectivity index (χ4n) is 2.18. The summed E-state index contributed by atoms with van der Waals surface area (Å²) in [6.07, 6.45) is -0.0836. The van der Waals surface area contributed by atoms with Gasteiger partial charge < -0.3 is 15.4 Å². The predicted molar refractivity (Wildman–Crippen MR) is 77.9 cm³/mol. The normalized spacial score (nSPS) is 23.1. The first-order chi connectivity index (χ1) is 9.08. The Kier molecular flexibility index (Phi) is 4.96. The molecule has 0 radical (unpaired) electrons. The van der Waals surface area contributed by atoms with Crippen molar-refractivity contribution in [3.05, 3.63) is 33.8 Å². The number of benzene rings is 1. The van der Waals surface area contributed by atoms with Crippen molar-refractivity contribution in [2.24, 2.45) is 0 Å². The minimum atomic E-state index is -0.260. The molecule has 0 saturated carbocycles. The van der Waals surface area contributed by atoms with Crippen molar-refractivity contribution in [2.75, 3.05) is 13.2 Å². The summed E-state index contributed by atoms with van der Waals surface area (Å²) in [5, 5.41) is 6.15. The average molecular weight is 327 g/mol. The van der Waals surface area contributed by atoms with Gasteiger partial charge in [0, 0.05) is 17.6 Å². The molecule has 1 aliphatic heterocycles. The molecule has 1 amide bonds. The van der Waals surface area contributed by atoms with Gasteiger partial charge in [-0.2, -0.15) is 0 Å². The number of carbonyl (C=O) groups is 1. The quantitative estimate of drug-likeness (QED) is 0.889. The Morgan fingerprint density at radius 3 is 3.05 bits per heavy atom. The maximum absolute atomic E-state index is 12.1. The Morgan fingerprint density at radius 1 is 1.58 bits per heavy atom. The summed E-state index contributed by atoms with van der Waals surface area (Å²) in [6.45, 7) is 5.89. The third-order valence-corrected chi connectivity index (χ3v) is 3.85. The number of rotatable bonds is 3. The molecule has 0 aliphatic carbocycles. The molecule has 1 saturated heterocycles.